The zero-order valence-corrected chi connectivity index (χ0v) is 19.5. The number of carboxylic acid groups (broad SMARTS) is 1. The number of nitrogens with zero attached hydrogens (tertiary/aromatic N) is 1. The van der Waals surface area contributed by atoms with E-state index >= 15 is 0 Å². The highest BCUT2D eigenvalue weighted by Gasteiger charge is 2.39. The van der Waals surface area contributed by atoms with Crippen molar-refractivity contribution in [3.05, 3.63) is 36.0 Å². The standard InChI is InChI=1S/C24H33N5O5/c1-14(2)10-19(24(33)34)28-22(31)20-8-5-9-29(20)23(32)18(27-21(30)12-25)11-15-13-26-17-7-4-3-6-16(15)17/h3-4,6-7,13-14,18-20,26H,5,8-12,25H2,1-2H3,(H,27,30)(H,28,31)(H,33,34). The predicted octanol–water partition coefficient (Wildman–Crippen LogP) is 0.760. The second-order valence-corrected chi connectivity index (χ2v) is 9.11. The molecule has 0 bridgehead atoms. The highest BCUT2D eigenvalue weighted by molar-refractivity contribution is 5.94. The number of H-pyrrole nitrogens is 1. The molecule has 3 rings (SSSR count). The monoisotopic (exact) mass is 471 g/mol. The topological polar surface area (TPSA) is 158 Å². The Balaban J connectivity index is 1.79. The van der Waals surface area contributed by atoms with Gasteiger partial charge in [-0.05, 0) is 36.8 Å². The number of likely N-dealkylation sites (tertiary alicyclic amines) is 1. The van der Waals surface area contributed by atoms with E-state index in [0.29, 0.717) is 19.4 Å². The quantitative estimate of drug-likeness (QED) is 0.344. The SMILES string of the molecule is CC(C)CC(NC(=O)C1CCCN1C(=O)C(Cc1c[nH]c2ccccc12)NC(=O)CN)C(=O)O. The normalized spacial score (nSPS) is 17.5. The van der Waals surface area contributed by atoms with E-state index in [2.05, 4.69) is 15.6 Å². The third-order valence-corrected chi connectivity index (χ3v) is 6.08. The molecule has 0 saturated carbocycles. The number of para-hydroxylation sites is 1. The van der Waals surface area contributed by atoms with Crippen LogP contribution in [0.5, 0.6) is 0 Å². The van der Waals surface area contributed by atoms with Crippen molar-refractivity contribution in [1.82, 2.24) is 20.5 Å². The minimum atomic E-state index is -1.11. The summed E-state index contributed by atoms with van der Waals surface area (Å²) in [6.07, 6.45) is 3.35. The molecule has 0 spiro atoms. The number of hydrogen-bond donors (Lipinski definition) is 5. The number of carbonyl (C=O) groups is 4. The van der Waals surface area contributed by atoms with Crippen molar-refractivity contribution in [3.63, 3.8) is 0 Å². The Kier molecular flexibility index (Phi) is 8.27. The summed E-state index contributed by atoms with van der Waals surface area (Å²) in [5.41, 5.74) is 7.24. The number of aromatic nitrogens is 1. The number of aromatic amines is 1. The van der Waals surface area contributed by atoms with Crippen molar-refractivity contribution in [2.24, 2.45) is 11.7 Å². The minimum Gasteiger partial charge on any atom is -0.480 e. The van der Waals surface area contributed by atoms with Crippen LogP contribution in [0.25, 0.3) is 10.9 Å². The molecule has 10 heteroatoms. The number of carboxylic acids is 1. The lowest BCUT2D eigenvalue weighted by Gasteiger charge is -2.29. The van der Waals surface area contributed by atoms with Crippen molar-refractivity contribution in [2.45, 2.75) is 57.7 Å². The second-order valence-electron chi connectivity index (χ2n) is 9.11. The first-order valence-corrected chi connectivity index (χ1v) is 11.6. The highest BCUT2D eigenvalue weighted by Crippen LogP contribution is 2.23. The van der Waals surface area contributed by atoms with Crippen LogP contribution in [-0.2, 0) is 25.6 Å². The predicted molar refractivity (Wildman–Crippen MR) is 127 cm³/mol. The molecular weight excluding hydrogens is 438 g/mol. The summed E-state index contributed by atoms with van der Waals surface area (Å²) in [5, 5.41) is 15.7. The smallest absolute Gasteiger partial charge is 0.326 e. The van der Waals surface area contributed by atoms with E-state index in [9.17, 15) is 24.3 Å². The number of hydrogen-bond acceptors (Lipinski definition) is 5. The fourth-order valence-corrected chi connectivity index (χ4v) is 4.44. The lowest BCUT2D eigenvalue weighted by molar-refractivity contribution is -0.145. The van der Waals surface area contributed by atoms with Crippen molar-refractivity contribution < 1.29 is 24.3 Å². The van der Waals surface area contributed by atoms with Gasteiger partial charge in [0.15, 0.2) is 0 Å². The molecule has 10 nitrogen and oxygen atoms in total. The summed E-state index contributed by atoms with van der Waals surface area (Å²) in [7, 11) is 0. The first-order valence-electron chi connectivity index (χ1n) is 11.6. The van der Waals surface area contributed by atoms with Gasteiger partial charge in [0.25, 0.3) is 0 Å². The molecule has 1 aliphatic rings. The van der Waals surface area contributed by atoms with Gasteiger partial charge >= 0.3 is 5.97 Å². The van der Waals surface area contributed by atoms with Crippen LogP contribution < -0.4 is 16.4 Å². The van der Waals surface area contributed by atoms with Gasteiger partial charge in [-0.3, -0.25) is 14.4 Å². The molecule has 34 heavy (non-hydrogen) atoms. The Labute approximate surface area is 198 Å². The molecule has 1 fully saturated rings. The maximum atomic E-state index is 13.5. The van der Waals surface area contributed by atoms with Crippen LogP contribution in [0.15, 0.2) is 30.5 Å². The maximum Gasteiger partial charge on any atom is 0.326 e. The van der Waals surface area contributed by atoms with Crippen LogP contribution >= 0.6 is 0 Å². The fraction of sp³-hybridized carbons (Fsp3) is 0.500. The summed E-state index contributed by atoms with van der Waals surface area (Å²) < 4.78 is 0. The van der Waals surface area contributed by atoms with Gasteiger partial charge in [0.1, 0.15) is 18.1 Å². The fourth-order valence-electron chi connectivity index (χ4n) is 4.44. The summed E-state index contributed by atoms with van der Waals surface area (Å²) in [6, 6.07) is 4.93. The van der Waals surface area contributed by atoms with Gasteiger partial charge in [0.05, 0.1) is 6.54 Å². The number of aliphatic carboxylic acids is 1. The van der Waals surface area contributed by atoms with Crippen LogP contribution in [0.4, 0.5) is 0 Å². The third-order valence-electron chi connectivity index (χ3n) is 6.08. The second kappa shape index (κ2) is 11.1. The molecule has 1 saturated heterocycles. The largest absolute Gasteiger partial charge is 0.480 e. The first kappa shape index (κ1) is 25.2. The number of fused-ring (bicyclic) bond motifs is 1. The number of rotatable bonds is 10. The van der Waals surface area contributed by atoms with Crippen LogP contribution in [-0.4, -0.2) is 69.9 Å². The van der Waals surface area contributed by atoms with E-state index < -0.39 is 35.9 Å². The highest BCUT2D eigenvalue weighted by atomic mass is 16.4. The van der Waals surface area contributed by atoms with E-state index in [0.717, 1.165) is 16.5 Å². The van der Waals surface area contributed by atoms with Gasteiger partial charge in [-0.1, -0.05) is 32.0 Å². The molecule has 2 heterocycles. The molecule has 1 aliphatic heterocycles. The number of amides is 3. The Morgan fingerprint density at radius 2 is 1.91 bits per heavy atom. The molecule has 2 aromatic rings. The molecule has 3 unspecified atom stereocenters. The van der Waals surface area contributed by atoms with E-state index in [1.165, 1.54) is 4.90 Å². The molecular formula is C24H33N5O5. The zero-order valence-electron chi connectivity index (χ0n) is 19.5. The van der Waals surface area contributed by atoms with Crippen LogP contribution in [0, 0.1) is 5.92 Å². The Morgan fingerprint density at radius 3 is 2.59 bits per heavy atom. The summed E-state index contributed by atoms with van der Waals surface area (Å²) >= 11 is 0. The van der Waals surface area contributed by atoms with Gasteiger partial charge in [0, 0.05) is 30.1 Å². The Bertz CT molecular complexity index is 1050. The Morgan fingerprint density at radius 1 is 1.18 bits per heavy atom. The first-order chi connectivity index (χ1) is 16.2. The number of benzene rings is 1. The average molecular weight is 472 g/mol. The van der Waals surface area contributed by atoms with Gasteiger partial charge in [0.2, 0.25) is 17.7 Å². The van der Waals surface area contributed by atoms with Crippen LogP contribution in [0.2, 0.25) is 0 Å². The van der Waals surface area contributed by atoms with E-state index in [1.807, 2.05) is 38.1 Å². The van der Waals surface area contributed by atoms with E-state index in [-0.39, 0.29) is 31.2 Å². The Hall–Kier alpha value is -3.40. The maximum absolute atomic E-state index is 13.5. The van der Waals surface area contributed by atoms with Gasteiger partial charge in [-0.25, -0.2) is 4.79 Å². The van der Waals surface area contributed by atoms with Crippen molar-refractivity contribution in [1.29, 1.82) is 0 Å². The van der Waals surface area contributed by atoms with Crippen molar-refractivity contribution >= 4 is 34.6 Å². The molecule has 6 N–H and O–H groups in total. The summed E-state index contributed by atoms with van der Waals surface area (Å²) in [4.78, 5) is 54.8. The van der Waals surface area contributed by atoms with Crippen LogP contribution in [0.1, 0.15) is 38.7 Å². The van der Waals surface area contributed by atoms with E-state index in [1.54, 1.807) is 6.20 Å². The molecule has 1 aromatic heterocycles. The molecule has 1 aromatic carbocycles. The molecule has 0 aliphatic carbocycles. The molecule has 0 radical (unpaired) electrons. The zero-order chi connectivity index (χ0) is 24.8. The summed E-state index contributed by atoms with van der Waals surface area (Å²) in [6.45, 7) is 3.84. The third kappa shape index (κ3) is 5.93. The number of nitrogens with one attached hydrogen (secondary N) is 3. The number of carbonyl (C=O) groups excluding carboxylic acids is 3. The average Bonchev–Trinajstić information content (AvgIpc) is 3.45. The lowest BCUT2D eigenvalue weighted by Crippen LogP contribution is -2.56. The van der Waals surface area contributed by atoms with Crippen molar-refractivity contribution in [3.8, 4) is 0 Å². The molecule has 3 atom stereocenters. The van der Waals surface area contributed by atoms with E-state index in [4.69, 9.17) is 5.73 Å². The summed E-state index contributed by atoms with van der Waals surface area (Å²) in [5.74, 6) is -2.38. The van der Waals surface area contributed by atoms with Gasteiger partial charge < -0.3 is 31.4 Å². The minimum absolute atomic E-state index is 0.0785. The number of nitrogens with two attached hydrogens (primary N) is 1. The molecule has 184 valence electrons. The van der Waals surface area contributed by atoms with Gasteiger partial charge in [-0.15, -0.1) is 0 Å². The van der Waals surface area contributed by atoms with Crippen LogP contribution in [0.3, 0.4) is 0 Å². The molecule has 3 amide bonds. The van der Waals surface area contributed by atoms with Gasteiger partial charge in [-0.2, -0.15) is 0 Å². The lowest BCUT2D eigenvalue weighted by atomic mass is 10.0. The van der Waals surface area contributed by atoms with Crippen molar-refractivity contribution in [2.75, 3.05) is 13.1 Å².